The van der Waals surface area contributed by atoms with Gasteiger partial charge in [-0.05, 0) is 49.1 Å². The Labute approximate surface area is 152 Å². The Hall–Kier alpha value is -2.93. The number of rotatable bonds is 6. The Morgan fingerprint density at radius 3 is 2.69 bits per heavy atom. The van der Waals surface area contributed by atoms with Crippen LogP contribution in [0.4, 0.5) is 17.5 Å². The summed E-state index contributed by atoms with van der Waals surface area (Å²) in [6, 6.07) is 8.59. The van der Waals surface area contributed by atoms with Crippen molar-refractivity contribution in [2.45, 2.75) is 25.3 Å². The van der Waals surface area contributed by atoms with E-state index in [1.54, 1.807) is 0 Å². The third-order valence-electron chi connectivity index (χ3n) is 4.55. The van der Waals surface area contributed by atoms with Crippen LogP contribution < -0.4 is 21.7 Å². The van der Waals surface area contributed by atoms with Crippen LogP contribution in [-0.4, -0.2) is 35.0 Å². The topological polar surface area (TPSA) is 105 Å². The van der Waals surface area contributed by atoms with Crippen molar-refractivity contribution in [2.75, 3.05) is 23.7 Å². The first-order chi connectivity index (χ1) is 12.7. The Bertz CT molecular complexity index is 842. The van der Waals surface area contributed by atoms with Crippen molar-refractivity contribution < 1.29 is 4.79 Å². The van der Waals surface area contributed by atoms with E-state index in [0.717, 1.165) is 38.0 Å². The molecular weight excluding hydrogens is 328 g/mol. The van der Waals surface area contributed by atoms with Crippen LogP contribution in [0.1, 0.15) is 35.2 Å². The van der Waals surface area contributed by atoms with Gasteiger partial charge in [0.05, 0.1) is 5.56 Å². The monoisotopic (exact) mass is 350 g/mol. The number of nitrogens with one attached hydrogen (secondary N) is 3. The van der Waals surface area contributed by atoms with Crippen molar-refractivity contribution in [1.82, 2.24) is 15.3 Å². The van der Waals surface area contributed by atoms with E-state index in [1.807, 2.05) is 12.1 Å². The molecule has 0 radical (unpaired) electrons. The van der Waals surface area contributed by atoms with Crippen LogP contribution in [0.15, 0.2) is 36.5 Å². The predicted octanol–water partition coefficient (Wildman–Crippen LogP) is 2.27. The molecule has 7 heteroatoms. The smallest absolute Gasteiger partial charge is 0.254 e. The molecule has 0 bridgehead atoms. The number of aromatic nitrogens is 2. The van der Waals surface area contributed by atoms with E-state index < -0.39 is 5.91 Å². The molecule has 1 aliphatic heterocycles. The summed E-state index contributed by atoms with van der Waals surface area (Å²) in [5.74, 6) is 0.403. The van der Waals surface area contributed by atoms with Gasteiger partial charge >= 0.3 is 0 Å². The van der Waals surface area contributed by atoms with Gasteiger partial charge in [0.1, 0.15) is 5.82 Å². The summed E-state index contributed by atoms with van der Waals surface area (Å²) in [5, 5.41) is 9.75. The van der Waals surface area contributed by atoms with Gasteiger partial charge in [-0.15, -0.1) is 0 Å². The van der Waals surface area contributed by atoms with Crippen LogP contribution in [0.2, 0.25) is 0 Å². The number of hydrogen-bond acceptors (Lipinski definition) is 6. The summed E-state index contributed by atoms with van der Waals surface area (Å²) < 4.78 is 0. The van der Waals surface area contributed by atoms with Gasteiger partial charge in [-0.25, -0.2) is 4.98 Å². The predicted molar refractivity (Wildman–Crippen MR) is 102 cm³/mol. The molecule has 0 saturated heterocycles. The molecule has 2 heterocycles. The van der Waals surface area contributed by atoms with Crippen molar-refractivity contribution in [1.29, 1.82) is 0 Å². The summed E-state index contributed by atoms with van der Waals surface area (Å²) in [6.45, 7) is 1.94. The molecule has 1 amide bonds. The van der Waals surface area contributed by atoms with Gasteiger partial charge in [0.2, 0.25) is 5.95 Å². The molecule has 26 heavy (non-hydrogen) atoms. The Morgan fingerprint density at radius 1 is 1.23 bits per heavy atom. The maximum atomic E-state index is 11.6. The normalized spacial score (nSPS) is 16.7. The summed E-state index contributed by atoms with van der Waals surface area (Å²) >= 11 is 0. The van der Waals surface area contributed by atoms with Crippen LogP contribution in [0, 0.1) is 0 Å². The molecule has 2 aliphatic rings. The van der Waals surface area contributed by atoms with Crippen molar-refractivity contribution in [3.05, 3.63) is 47.7 Å². The highest BCUT2D eigenvalue weighted by Gasteiger charge is 2.24. The fourth-order valence-corrected chi connectivity index (χ4v) is 2.93. The third-order valence-corrected chi connectivity index (χ3v) is 4.55. The van der Waals surface area contributed by atoms with E-state index in [0.29, 0.717) is 23.4 Å². The Balaban J connectivity index is 1.51. The molecule has 1 saturated carbocycles. The number of benzene rings is 1. The molecule has 1 fully saturated rings. The minimum Gasteiger partial charge on any atom is -0.367 e. The van der Waals surface area contributed by atoms with E-state index in [4.69, 9.17) is 5.73 Å². The first kappa shape index (κ1) is 16.5. The number of primary amides is 1. The number of anilines is 3. The van der Waals surface area contributed by atoms with E-state index in [1.165, 1.54) is 17.3 Å². The van der Waals surface area contributed by atoms with Crippen molar-refractivity contribution in [3.63, 3.8) is 0 Å². The van der Waals surface area contributed by atoms with E-state index in [-0.39, 0.29) is 0 Å². The number of carbonyl (C=O) groups excluding carboxylic acids is 1. The number of hydrogen-bond donors (Lipinski definition) is 4. The number of amides is 1. The molecule has 1 aliphatic carbocycles. The van der Waals surface area contributed by atoms with Crippen molar-refractivity contribution in [3.8, 4) is 0 Å². The van der Waals surface area contributed by atoms with Gasteiger partial charge in [0.15, 0.2) is 0 Å². The molecule has 4 rings (SSSR count). The quantitative estimate of drug-likeness (QED) is 0.637. The molecular formula is C19H22N6O. The van der Waals surface area contributed by atoms with Crippen molar-refractivity contribution in [2.24, 2.45) is 5.73 Å². The molecule has 134 valence electrons. The summed E-state index contributed by atoms with van der Waals surface area (Å²) in [5.41, 5.74) is 9.23. The van der Waals surface area contributed by atoms with Crippen LogP contribution in [0.5, 0.6) is 0 Å². The second-order valence-corrected chi connectivity index (χ2v) is 6.62. The average molecular weight is 350 g/mol. The second kappa shape index (κ2) is 7.13. The highest BCUT2D eigenvalue weighted by atomic mass is 16.1. The van der Waals surface area contributed by atoms with Gasteiger partial charge in [-0.2, -0.15) is 4.98 Å². The second-order valence-electron chi connectivity index (χ2n) is 6.62. The van der Waals surface area contributed by atoms with E-state index >= 15 is 0 Å². The molecule has 0 atom stereocenters. The molecule has 7 nitrogen and oxygen atoms in total. The maximum Gasteiger partial charge on any atom is 0.254 e. The molecule has 0 spiro atoms. The molecule has 2 aromatic rings. The zero-order valence-corrected chi connectivity index (χ0v) is 14.5. The summed E-state index contributed by atoms with van der Waals surface area (Å²) in [4.78, 5) is 20.2. The maximum absolute atomic E-state index is 11.6. The molecule has 0 unspecified atom stereocenters. The molecule has 1 aromatic carbocycles. The van der Waals surface area contributed by atoms with Gasteiger partial charge in [0, 0.05) is 24.5 Å². The fourth-order valence-electron chi connectivity index (χ4n) is 2.93. The minimum absolute atomic E-state index is 0.315. The van der Waals surface area contributed by atoms with Crippen LogP contribution in [-0.2, 0) is 0 Å². The zero-order valence-electron chi connectivity index (χ0n) is 14.5. The lowest BCUT2D eigenvalue weighted by atomic mass is 10.0. The first-order valence-corrected chi connectivity index (χ1v) is 8.89. The first-order valence-electron chi connectivity index (χ1n) is 8.89. The highest BCUT2D eigenvalue weighted by Crippen LogP contribution is 2.27. The number of nitrogens with zero attached hydrogens (tertiary/aromatic N) is 2. The lowest BCUT2D eigenvalue weighted by Gasteiger charge is -2.15. The largest absolute Gasteiger partial charge is 0.367 e. The fraction of sp³-hybridized carbons (Fsp3) is 0.316. The summed E-state index contributed by atoms with van der Waals surface area (Å²) in [6.07, 6.45) is 6.90. The summed E-state index contributed by atoms with van der Waals surface area (Å²) in [7, 11) is 0. The van der Waals surface area contributed by atoms with Crippen LogP contribution in [0.25, 0.3) is 5.57 Å². The van der Waals surface area contributed by atoms with Crippen LogP contribution in [0.3, 0.4) is 0 Å². The van der Waals surface area contributed by atoms with Gasteiger partial charge in [0.25, 0.3) is 5.91 Å². The van der Waals surface area contributed by atoms with E-state index in [2.05, 4.69) is 44.1 Å². The standard InChI is InChI=1S/C19H22N6O/c20-17(26)16-11-22-19(25-18(16)23-14-5-6-14)24-15-3-1-12(2-4-15)13-7-9-21-10-8-13/h1-4,7,11,14,21H,5-6,8-10H2,(H2,20,26)(H2,22,23,24,25). The van der Waals surface area contributed by atoms with Crippen molar-refractivity contribution >= 4 is 28.9 Å². The lowest BCUT2D eigenvalue weighted by molar-refractivity contribution is 0.100. The number of carbonyl (C=O) groups is 1. The molecule has 1 aromatic heterocycles. The van der Waals surface area contributed by atoms with Crippen LogP contribution >= 0.6 is 0 Å². The Morgan fingerprint density at radius 2 is 2.04 bits per heavy atom. The highest BCUT2D eigenvalue weighted by molar-refractivity contribution is 5.97. The average Bonchev–Trinajstić information content (AvgIpc) is 3.47. The van der Waals surface area contributed by atoms with E-state index in [9.17, 15) is 4.79 Å². The minimum atomic E-state index is -0.528. The SMILES string of the molecule is NC(=O)c1cnc(Nc2ccc(C3=CCNCC3)cc2)nc1NC1CC1. The van der Waals surface area contributed by atoms with Gasteiger partial charge in [-0.1, -0.05) is 18.2 Å². The molecule has 5 N–H and O–H groups in total. The zero-order chi connectivity index (χ0) is 17.9. The number of nitrogens with two attached hydrogens (primary N) is 1. The van der Waals surface area contributed by atoms with Gasteiger partial charge < -0.3 is 21.7 Å². The van der Waals surface area contributed by atoms with Gasteiger partial charge in [-0.3, -0.25) is 4.79 Å². The lowest BCUT2D eigenvalue weighted by Crippen LogP contribution is -2.19. The third kappa shape index (κ3) is 3.83. The Kier molecular flexibility index (Phi) is 4.53.